The van der Waals surface area contributed by atoms with E-state index in [0.29, 0.717) is 32.1 Å². The Morgan fingerprint density at radius 3 is 3.17 bits per heavy atom. The van der Waals surface area contributed by atoms with Gasteiger partial charge in [0.15, 0.2) is 5.82 Å². The minimum Gasteiger partial charge on any atom is -0.367 e. The summed E-state index contributed by atoms with van der Waals surface area (Å²) in [6, 6.07) is 2.05. The van der Waals surface area contributed by atoms with Gasteiger partial charge in [0.1, 0.15) is 11.9 Å². The van der Waals surface area contributed by atoms with Gasteiger partial charge in [0.25, 0.3) is 0 Å². The molecule has 1 aliphatic rings. The van der Waals surface area contributed by atoms with Gasteiger partial charge >= 0.3 is 0 Å². The second kappa shape index (κ2) is 7.20. The van der Waals surface area contributed by atoms with Crippen molar-refractivity contribution in [3.8, 4) is 0 Å². The van der Waals surface area contributed by atoms with E-state index >= 15 is 0 Å². The third-order valence-electron chi connectivity index (χ3n) is 3.84. The molecule has 3 rings (SSSR count). The fraction of sp³-hybridized carbons (Fsp3) is 0.533. The third kappa shape index (κ3) is 4.15. The number of aromatic nitrogens is 3. The van der Waals surface area contributed by atoms with Crippen LogP contribution in [0.15, 0.2) is 16.8 Å². The number of amides is 1. The van der Waals surface area contributed by atoms with E-state index in [2.05, 4.69) is 25.5 Å². The molecule has 1 N–H and O–H groups in total. The SMILES string of the molecule is Cc1nc([C@@H]2CN(CC(=O)N(C)Cc3ccsc3)CCO2)n[nH]1. The number of carbonyl (C=O) groups is 1. The van der Waals surface area contributed by atoms with Crippen LogP contribution >= 0.6 is 11.3 Å². The molecule has 0 saturated carbocycles. The number of thiophene rings is 1. The summed E-state index contributed by atoms with van der Waals surface area (Å²) in [6.07, 6.45) is -0.177. The van der Waals surface area contributed by atoms with E-state index in [1.165, 1.54) is 5.56 Å². The van der Waals surface area contributed by atoms with Crippen molar-refractivity contribution in [2.45, 2.75) is 19.6 Å². The average Bonchev–Trinajstić information content (AvgIpc) is 3.19. The molecule has 1 atom stereocenters. The summed E-state index contributed by atoms with van der Waals surface area (Å²) in [4.78, 5) is 20.6. The highest BCUT2D eigenvalue weighted by molar-refractivity contribution is 7.07. The molecule has 7 nitrogen and oxygen atoms in total. The molecule has 0 aliphatic carbocycles. The van der Waals surface area contributed by atoms with Crippen molar-refractivity contribution in [1.82, 2.24) is 25.0 Å². The number of nitrogens with zero attached hydrogens (tertiary/aromatic N) is 4. The number of likely N-dealkylation sites (N-methyl/N-ethyl adjacent to an activating group) is 1. The Labute approximate surface area is 139 Å². The first-order chi connectivity index (χ1) is 11.1. The van der Waals surface area contributed by atoms with Crippen LogP contribution in [0, 0.1) is 6.92 Å². The molecule has 0 unspecified atom stereocenters. The predicted octanol–water partition coefficient (Wildman–Crippen LogP) is 1.21. The van der Waals surface area contributed by atoms with Crippen molar-refractivity contribution in [3.05, 3.63) is 34.0 Å². The Kier molecular flexibility index (Phi) is 5.04. The smallest absolute Gasteiger partial charge is 0.236 e. The molecule has 0 bridgehead atoms. The zero-order valence-electron chi connectivity index (χ0n) is 13.4. The van der Waals surface area contributed by atoms with Crippen LogP contribution in [0.25, 0.3) is 0 Å². The summed E-state index contributed by atoms with van der Waals surface area (Å²) in [5, 5.41) is 11.1. The first kappa shape index (κ1) is 16.1. The van der Waals surface area contributed by atoms with Crippen molar-refractivity contribution >= 4 is 17.2 Å². The highest BCUT2D eigenvalue weighted by Crippen LogP contribution is 2.19. The number of aromatic amines is 1. The number of ether oxygens (including phenoxy) is 1. The van der Waals surface area contributed by atoms with Gasteiger partial charge in [-0.1, -0.05) is 0 Å². The van der Waals surface area contributed by atoms with Crippen LogP contribution in [-0.2, 0) is 16.1 Å². The summed E-state index contributed by atoms with van der Waals surface area (Å²) in [5.74, 6) is 1.54. The number of carbonyl (C=O) groups excluding carboxylic acids is 1. The largest absolute Gasteiger partial charge is 0.367 e. The normalized spacial score (nSPS) is 19.0. The van der Waals surface area contributed by atoms with E-state index in [1.807, 2.05) is 25.4 Å². The molecule has 0 radical (unpaired) electrons. The van der Waals surface area contributed by atoms with Crippen LogP contribution in [-0.4, -0.2) is 64.2 Å². The maximum absolute atomic E-state index is 12.4. The molecule has 8 heteroatoms. The summed E-state index contributed by atoms with van der Waals surface area (Å²) < 4.78 is 5.72. The molecule has 0 spiro atoms. The second-order valence-corrected chi connectivity index (χ2v) is 6.53. The lowest BCUT2D eigenvalue weighted by atomic mass is 10.2. The molecule has 2 aromatic rings. The Bertz CT molecular complexity index is 642. The van der Waals surface area contributed by atoms with Gasteiger partial charge < -0.3 is 9.64 Å². The first-order valence-corrected chi connectivity index (χ1v) is 8.54. The molecule has 3 heterocycles. The van der Waals surface area contributed by atoms with Crippen LogP contribution in [0.2, 0.25) is 0 Å². The number of H-pyrrole nitrogens is 1. The maximum atomic E-state index is 12.4. The fourth-order valence-corrected chi connectivity index (χ4v) is 3.22. The molecule has 2 aromatic heterocycles. The molecule has 1 saturated heterocycles. The van der Waals surface area contributed by atoms with E-state index in [0.717, 1.165) is 12.4 Å². The number of hydrogen-bond acceptors (Lipinski definition) is 6. The molecular formula is C15H21N5O2S. The van der Waals surface area contributed by atoms with Crippen LogP contribution < -0.4 is 0 Å². The topological polar surface area (TPSA) is 74.3 Å². The van der Waals surface area contributed by atoms with Crippen molar-refractivity contribution in [3.63, 3.8) is 0 Å². The summed E-state index contributed by atoms with van der Waals surface area (Å²) in [5.41, 5.74) is 1.17. The number of aryl methyl sites for hydroxylation is 1. The average molecular weight is 335 g/mol. The Hall–Kier alpha value is -1.77. The lowest BCUT2D eigenvalue weighted by Gasteiger charge is -2.32. The van der Waals surface area contributed by atoms with Crippen LogP contribution in [0.1, 0.15) is 23.3 Å². The van der Waals surface area contributed by atoms with E-state index < -0.39 is 0 Å². The monoisotopic (exact) mass is 335 g/mol. The van der Waals surface area contributed by atoms with E-state index in [9.17, 15) is 4.79 Å². The zero-order valence-corrected chi connectivity index (χ0v) is 14.2. The minimum absolute atomic E-state index is 0.114. The summed E-state index contributed by atoms with van der Waals surface area (Å²) in [6.45, 7) is 4.87. The summed E-state index contributed by atoms with van der Waals surface area (Å²) in [7, 11) is 1.84. The molecule has 124 valence electrons. The van der Waals surface area contributed by atoms with Crippen LogP contribution in [0.5, 0.6) is 0 Å². The second-order valence-electron chi connectivity index (χ2n) is 5.75. The quantitative estimate of drug-likeness (QED) is 0.889. The number of nitrogens with one attached hydrogen (secondary N) is 1. The maximum Gasteiger partial charge on any atom is 0.236 e. The molecular weight excluding hydrogens is 314 g/mol. The first-order valence-electron chi connectivity index (χ1n) is 7.59. The van der Waals surface area contributed by atoms with Gasteiger partial charge in [0.05, 0.1) is 13.2 Å². The fourth-order valence-electron chi connectivity index (χ4n) is 2.56. The summed E-state index contributed by atoms with van der Waals surface area (Å²) >= 11 is 1.65. The van der Waals surface area contributed by atoms with E-state index in [-0.39, 0.29) is 12.0 Å². The molecule has 1 amide bonds. The Morgan fingerprint density at radius 2 is 2.48 bits per heavy atom. The lowest BCUT2D eigenvalue weighted by molar-refractivity contribution is -0.133. The zero-order chi connectivity index (χ0) is 16.2. The Balaban J connectivity index is 1.53. The Morgan fingerprint density at radius 1 is 1.61 bits per heavy atom. The predicted molar refractivity (Wildman–Crippen MR) is 87.0 cm³/mol. The highest BCUT2D eigenvalue weighted by Gasteiger charge is 2.26. The van der Waals surface area contributed by atoms with Gasteiger partial charge in [-0.05, 0) is 29.3 Å². The van der Waals surface area contributed by atoms with Gasteiger partial charge in [-0.3, -0.25) is 14.8 Å². The number of rotatable bonds is 5. The standard InChI is InChI=1S/C15H21N5O2S/c1-11-16-15(18-17-11)13-8-20(4-5-22-13)9-14(21)19(2)7-12-3-6-23-10-12/h3,6,10,13H,4-5,7-9H2,1-2H3,(H,16,17,18)/t13-/m0/s1. The number of morpholine rings is 1. The van der Waals surface area contributed by atoms with Crippen molar-refractivity contribution in [1.29, 1.82) is 0 Å². The van der Waals surface area contributed by atoms with Gasteiger partial charge in [-0.25, -0.2) is 4.98 Å². The van der Waals surface area contributed by atoms with Crippen molar-refractivity contribution in [2.75, 3.05) is 33.3 Å². The van der Waals surface area contributed by atoms with Crippen molar-refractivity contribution < 1.29 is 9.53 Å². The lowest BCUT2D eigenvalue weighted by Crippen LogP contribution is -2.44. The number of hydrogen-bond donors (Lipinski definition) is 1. The minimum atomic E-state index is -0.177. The van der Waals surface area contributed by atoms with Gasteiger partial charge in [0, 0.05) is 26.7 Å². The van der Waals surface area contributed by atoms with E-state index in [1.54, 1.807) is 16.2 Å². The van der Waals surface area contributed by atoms with Crippen molar-refractivity contribution in [2.24, 2.45) is 0 Å². The molecule has 0 aromatic carbocycles. The van der Waals surface area contributed by atoms with E-state index in [4.69, 9.17) is 4.74 Å². The van der Waals surface area contributed by atoms with Gasteiger partial charge in [-0.2, -0.15) is 16.4 Å². The van der Waals surface area contributed by atoms with Crippen LogP contribution in [0.3, 0.4) is 0 Å². The third-order valence-corrected chi connectivity index (χ3v) is 4.57. The molecule has 1 fully saturated rings. The highest BCUT2D eigenvalue weighted by atomic mass is 32.1. The molecule has 1 aliphatic heterocycles. The van der Waals surface area contributed by atoms with Crippen LogP contribution in [0.4, 0.5) is 0 Å². The molecule has 23 heavy (non-hydrogen) atoms. The van der Waals surface area contributed by atoms with Gasteiger partial charge in [0.2, 0.25) is 5.91 Å². The van der Waals surface area contributed by atoms with Gasteiger partial charge in [-0.15, -0.1) is 0 Å².